The molecule has 5 heteroatoms. The van der Waals surface area contributed by atoms with Gasteiger partial charge in [0, 0.05) is 36.7 Å². The molecule has 0 bridgehead atoms. The maximum absolute atomic E-state index is 12.0. The molecule has 0 radical (unpaired) electrons. The Morgan fingerprint density at radius 2 is 2.26 bits per heavy atom. The van der Waals surface area contributed by atoms with E-state index in [1.165, 1.54) is 5.56 Å². The molecular formula is C14H18N4O. The van der Waals surface area contributed by atoms with E-state index in [0.717, 1.165) is 31.5 Å². The summed E-state index contributed by atoms with van der Waals surface area (Å²) < 4.78 is 3.73. The molecule has 2 heterocycles. The lowest BCUT2D eigenvalue weighted by atomic mass is 9.92. The van der Waals surface area contributed by atoms with Gasteiger partial charge in [-0.25, -0.2) is 0 Å². The van der Waals surface area contributed by atoms with Crippen molar-refractivity contribution >= 4 is 0 Å². The summed E-state index contributed by atoms with van der Waals surface area (Å²) in [5, 5.41) is 4.17. The van der Waals surface area contributed by atoms with Gasteiger partial charge in [-0.2, -0.15) is 5.10 Å². The number of nitrogens with zero attached hydrogens (tertiary/aromatic N) is 3. The van der Waals surface area contributed by atoms with Crippen LogP contribution in [0.4, 0.5) is 0 Å². The van der Waals surface area contributed by atoms with E-state index in [2.05, 4.69) is 5.10 Å². The maximum Gasteiger partial charge on any atom is 0.250 e. The van der Waals surface area contributed by atoms with Crippen molar-refractivity contribution in [3.05, 3.63) is 52.2 Å². The predicted octanol–water partition coefficient (Wildman–Crippen LogP) is 0.561. The van der Waals surface area contributed by atoms with Crippen LogP contribution in [0, 0.1) is 0 Å². The van der Waals surface area contributed by atoms with Crippen LogP contribution in [0.5, 0.6) is 0 Å². The second kappa shape index (κ2) is 5.01. The zero-order valence-electron chi connectivity index (χ0n) is 10.8. The summed E-state index contributed by atoms with van der Waals surface area (Å²) in [5.74, 6) is 0. The lowest BCUT2D eigenvalue weighted by Crippen LogP contribution is -2.34. The lowest BCUT2D eigenvalue weighted by Gasteiger charge is -2.24. The third-order valence-corrected chi connectivity index (χ3v) is 3.74. The average Bonchev–Trinajstić information content (AvgIpc) is 2.91. The largest absolute Gasteiger partial charge is 0.327 e. The Morgan fingerprint density at radius 1 is 1.37 bits per heavy atom. The average molecular weight is 258 g/mol. The van der Waals surface area contributed by atoms with Gasteiger partial charge in [0.15, 0.2) is 0 Å². The molecule has 19 heavy (non-hydrogen) atoms. The van der Waals surface area contributed by atoms with Gasteiger partial charge in [-0.15, -0.1) is 0 Å². The summed E-state index contributed by atoms with van der Waals surface area (Å²) in [6.07, 6.45) is 6.39. The molecule has 0 spiro atoms. The van der Waals surface area contributed by atoms with Gasteiger partial charge in [0.1, 0.15) is 0 Å². The first kappa shape index (κ1) is 12.2. The number of aromatic nitrogens is 3. The molecule has 2 aromatic rings. The molecule has 0 saturated heterocycles. The summed E-state index contributed by atoms with van der Waals surface area (Å²) >= 11 is 0. The third kappa shape index (κ3) is 2.46. The highest BCUT2D eigenvalue weighted by Gasteiger charge is 2.18. The molecule has 1 aliphatic rings. The molecule has 0 fully saturated rings. The predicted molar refractivity (Wildman–Crippen MR) is 72.9 cm³/mol. The summed E-state index contributed by atoms with van der Waals surface area (Å²) in [4.78, 5) is 12.0. The van der Waals surface area contributed by atoms with Crippen LogP contribution in [-0.4, -0.2) is 20.4 Å². The van der Waals surface area contributed by atoms with Crippen molar-refractivity contribution in [3.8, 4) is 0 Å². The van der Waals surface area contributed by atoms with Crippen LogP contribution < -0.4 is 11.3 Å². The molecule has 0 saturated carbocycles. The Labute approximate surface area is 111 Å². The quantitative estimate of drug-likeness (QED) is 0.875. The van der Waals surface area contributed by atoms with Crippen molar-refractivity contribution in [1.29, 1.82) is 0 Å². The molecule has 1 aliphatic carbocycles. The minimum atomic E-state index is 0.0707. The van der Waals surface area contributed by atoms with Gasteiger partial charge in [0.05, 0.1) is 6.54 Å². The van der Waals surface area contributed by atoms with E-state index < -0.39 is 0 Å². The van der Waals surface area contributed by atoms with E-state index >= 15 is 0 Å². The molecule has 5 nitrogen and oxygen atoms in total. The van der Waals surface area contributed by atoms with Gasteiger partial charge in [0.25, 0.3) is 5.56 Å². The maximum atomic E-state index is 12.0. The Kier molecular flexibility index (Phi) is 3.21. The normalized spacial score (nSPS) is 18.3. The fourth-order valence-electron chi connectivity index (χ4n) is 2.73. The fraction of sp³-hybridized carbons (Fsp3) is 0.429. The van der Waals surface area contributed by atoms with Gasteiger partial charge in [0.2, 0.25) is 0 Å². The molecule has 0 amide bonds. The van der Waals surface area contributed by atoms with Crippen LogP contribution in [-0.2, 0) is 25.9 Å². The summed E-state index contributed by atoms with van der Waals surface area (Å²) in [6, 6.07) is 5.70. The highest BCUT2D eigenvalue weighted by Crippen LogP contribution is 2.19. The number of pyridine rings is 1. The number of aryl methyl sites for hydroxylation is 1. The molecule has 0 aliphatic heterocycles. The zero-order valence-corrected chi connectivity index (χ0v) is 10.8. The SMILES string of the molecule is NC1CCc2c(ccc(=O)n2CCn2cccn2)C1. The number of fused-ring (bicyclic) bond motifs is 1. The Hall–Kier alpha value is -1.88. The van der Waals surface area contributed by atoms with Crippen molar-refractivity contribution in [2.75, 3.05) is 0 Å². The van der Waals surface area contributed by atoms with Crippen molar-refractivity contribution in [2.24, 2.45) is 5.73 Å². The first-order valence-electron chi connectivity index (χ1n) is 6.68. The topological polar surface area (TPSA) is 65.8 Å². The Bertz CT molecular complexity index is 615. The second-order valence-electron chi connectivity index (χ2n) is 5.07. The van der Waals surface area contributed by atoms with E-state index in [9.17, 15) is 4.79 Å². The highest BCUT2D eigenvalue weighted by atomic mass is 16.1. The Balaban J connectivity index is 1.88. The molecule has 2 aromatic heterocycles. The molecular weight excluding hydrogens is 240 g/mol. The molecule has 1 atom stereocenters. The molecule has 0 aromatic carbocycles. The molecule has 2 N–H and O–H groups in total. The number of rotatable bonds is 3. The lowest BCUT2D eigenvalue weighted by molar-refractivity contribution is 0.481. The van der Waals surface area contributed by atoms with Crippen LogP contribution in [0.25, 0.3) is 0 Å². The number of nitrogens with two attached hydrogens (primary N) is 1. The van der Waals surface area contributed by atoms with E-state index in [1.54, 1.807) is 12.3 Å². The first-order valence-corrected chi connectivity index (χ1v) is 6.68. The van der Waals surface area contributed by atoms with Crippen LogP contribution in [0.15, 0.2) is 35.4 Å². The standard InChI is InChI=1S/C14H18N4O/c15-12-3-4-13-11(10-12)2-5-14(19)18(13)9-8-17-7-1-6-16-17/h1-2,5-7,12H,3-4,8-10,15H2. The smallest absolute Gasteiger partial charge is 0.250 e. The highest BCUT2D eigenvalue weighted by molar-refractivity contribution is 5.25. The van der Waals surface area contributed by atoms with Gasteiger partial charge < -0.3 is 10.3 Å². The molecule has 3 rings (SSSR count). The van der Waals surface area contributed by atoms with E-state index in [0.29, 0.717) is 6.54 Å². The van der Waals surface area contributed by atoms with E-state index in [1.807, 2.05) is 27.6 Å². The van der Waals surface area contributed by atoms with Crippen LogP contribution in [0.3, 0.4) is 0 Å². The van der Waals surface area contributed by atoms with Crippen molar-refractivity contribution in [2.45, 2.75) is 38.4 Å². The zero-order chi connectivity index (χ0) is 13.2. The van der Waals surface area contributed by atoms with Gasteiger partial charge in [-0.1, -0.05) is 6.07 Å². The second-order valence-corrected chi connectivity index (χ2v) is 5.07. The fourth-order valence-corrected chi connectivity index (χ4v) is 2.73. The summed E-state index contributed by atoms with van der Waals surface area (Å²) in [5.41, 5.74) is 8.43. The van der Waals surface area contributed by atoms with Crippen LogP contribution >= 0.6 is 0 Å². The molecule has 100 valence electrons. The summed E-state index contributed by atoms with van der Waals surface area (Å²) in [7, 11) is 0. The first-order chi connectivity index (χ1) is 9.24. The van der Waals surface area contributed by atoms with Crippen molar-refractivity contribution < 1.29 is 0 Å². The van der Waals surface area contributed by atoms with Gasteiger partial charge in [-0.3, -0.25) is 9.48 Å². The number of hydrogen-bond acceptors (Lipinski definition) is 3. The monoisotopic (exact) mass is 258 g/mol. The van der Waals surface area contributed by atoms with Crippen LogP contribution in [0.1, 0.15) is 17.7 Å². The van der Waals surface area contributed by atoms with E-state index in [4.69, 9.17) is 5.73 Å². The minimum absolute atomic E-state index is 0.0707. The summed E-state index contributed by atoms with van der Waals surface area (Å²) in [6.45, 7) is 1.38. The van der Waals surface area contributed by atoms with Crippen LogP contribution in [0.2, 0.25) is 0 Å². The minimum Gasteiger partial charge on any atom is -0.327 e. The van der Waals surface area contributed by atoms with Crippen molar-refractivity contribution in [3.63, 3.8) is 0 Å². The molecule has 1 unspecified atom stereocenters. The third-order valence-electron chi connectivity index (χ3n) is 3.74. The number of hydrogen-bond donors (Lipinski definition) is 1. The van der Waals surface area contributed by atoms with Gasteiger partial charge in [-0.05, 0) is 30.9 Å². The Morgan fingerprint density at radius 3 is 3.05 bits per heavy atom. The van der Waals surface area contributed by atoms with Gasteiger partial charge >= 0.3 is 0 Å². The van der Waals surface area contributed by atoms with E-state index in [-0.39, 0.29) is 11.6 Å². The van der Waals surface area contributed by atoms with Crippen molar-refractivity contribution in [1.82, 2.24) is 14.3 Å².